The van der Waals surface area contributed by atoms with E-state index in [1.807, 2.05) is 12.4 Å². The molecule has 0 aliphatic carbocycles. The quantitative estimate of drug-likeness (QED) is 0.817. The van der Waals surface area contributed by atoms with Crippen LogP contribution in [-0.4, -0.2) is 36.1 Å². The Balaban J connectivity index is 1.47. The molecule has 3 nitrogen and oxygen atoms in total. The summed E-state index contributed by atoms with van der Waals surface area (Å²) in [6, 6.07) is 8.55. The predicted molar refractivity (Wildman–Crippen MR) is 83.7 cm³/mol. The molecule has 1 aromatic carbocycles. The second-order valence-corrected chi connectivity index (χ2v) is 5.59. The smallest absolute Gasteiger partial charge is 0.0346 e. The molecular formula is C17H23N3. The number of hydrogen-bond donors (Lipinski definition) is 1. The van der Waals surface area contributed by atoms with E-state index >= 15 is 0 Å². The summed E-state index contributed by atoms with van der Waals surface area (Å²) in [5.74, 6) is 0. The van der Waals surface area contributed by atoms with Gasteiger partial charge in [-0.15, -0.1) is 0 Å². The summed E-state index contributed by atoms with van der Waals surface area (Å²) in [6.07, 6.45) is 7.83. The number of aromatic nitrogens is 1. The van der Waals surface area contributed by atoms with Crippen LogP contribution in [0.2, 0.25) is 0 Å². The molecule has 0 unspecified atom stereocenters. The normalized spacial score (nSPS) is 16.0. The number of nitrogens with one attached hydrogen (secondary N) is 1. The minimum Gasteiger partial charge on any atom is -0.313 e. The van der Waals surface area contributed by atoms with Crippen LogP contribution in [0.1, 0.15) is 24.8 Å². The third-order valence-corrected chi connectivity index (χ3v) is 4.11. The van der Waals surface area contributed by atoms with E-state index in [-0.39, 0.29) is 0 Å². The summed E-state index contributed by atoms with van der Waals surface area (Å²) < 4.78 is 0. The standard InChI is InChI=1S/C17H23N3/c1-2-11-20(10-1)12-4-8-18-13-15-5-3-6-16-14-19-9-7-17(15)16/h3,5-7,9,14,18H,1-2,4,8,10-13H2. The molecule has 1 saturated heterocycles. The Kier molecular flexibility index (Phi) is 4.61. The zero-order chi connectivity index (χ0) is 13.6. The molecule has 2 heterocycles. The third kappa shape index (κ3) is 3.35. The summed E-state index contributed by atoms with van der Waals surface area (Å²) in [5, 5.41) is 6.11. The predicted octanol–water partition coefficient (Wildman–Crippen LogP) is 2.81. The highest BCUT2D eigenvalue weighted by molar-refractivity contribution is 5.84. The van der Waals surface area contributed by atoms with Gasteiger partial charge in [0.1, 0.15) is 0 Å². The van der Waals surface area contributed by atoms with E-state index in [0.29, 0.717) is 0 Å². The van der Waals surface area contributed by atoms with Gasteiger partial charge in [-0.2, -0.15) is 0 Å². The second-order valence-electron chi connectivity index (χ2n) is 5.59. The van der Waals surface area contributed by atoms with Gasteiger partial charge in [-0.3, -0.25) is 4.98 Å². The largest absolute Gasteiger partial charge is 0.313 e. The van der Waals surface area contributed by atoms with E-state index in [1.165, 1.54) is 55.2 Å². The Morgan fingerprint density at radius 1 is 1.15 bits per heavy atom. The number of benzene rings is 1. The summed E-state index contributed by atoms with van der Waals surface area (Å²) >= 11 is 0. The van der Waals surface area contributed by atoms with Gasteiger partial charge in [0.05, 0.1) is 0 Å². The molecule has 1 aromatic heterocycles. The molecule has 0 amide bonds. The first-order chi connectivity index (χ1) is 9.93. The Morgan fingerprint density at radius 2 is 2.05 bits per heavy atom. The monoisotopic (exact) mass is 269 g/mol. The second kappa shape index (κ2) is 6.82. The van der Waals surface area contributed by atoms with E-state index in [1.54, 1.807) is 0 Å². The Bertz CT molecular complexity index is 541. The van der Waals surface area contributed by atoms with Gasteiger partial charge in [-0.1, -0.05) is 18.2 Å². The molecule has 3 rings (SSSR count). The molecule has 1 aliphatic rings. The first-order valence-electron chi connectivity index (χ1n) is 7.68. The van der Waals surface area contributed by atoms with E-state index in [0.717, 1.165) is 13.1 Å². The fourth-order valence-electron chi connectivity index (χ4n) is 3.00. The average molecular weight is 269 g/mol. The molecule has 3 heteroatoms. The zero-order valence-electron chi connectivity index (χ0n) is 12.0. The number of nitrogens with zero attached hydrogens (tertiary/aromatic N) is 2. The molecule has 1 fully saturated rings. The zero-order valence-corrected chi connectivity index (χ0v) is 12.0. The molecule has 1 N–H and O–H groups in total. The molecule has 1 aliphatic heterocycles. The van der Waals surface area contributed by atoms with Gasteiger partial charge in [0.15, 0.2) is 0 Å². The van der Waals surface area contributed by atoms with Gasteiger partial charge in [0, 0.05) is 24.3 Å². The van der Waals surface area contributed by atoms with Crippen molar-refractivity contribution in [1.82, 2.24) is 15.2 Å². The molecule has 106 valence electrons. The van der Waals surface area contributed by atoms with Crippen molar-refractivity contribution in [3.63, 3.8) is 0 Å². The van der Waals surface area contributed by atoms with Gasteiger partial charge in [-0.05, 0) is 62.5 Å². The van der Waals surface area contributed by atoms with Crippen LogP contribution in [0.5, 0.6) is 0 Å². The Labute approximate surface area is 121 Å². The van der Waals surface area contributed by atoms with Crippen molar-refractivity contribution in [3.05, 3.63) is 42.2 Å². The lowest BCUT2D eigenvalue weighted by Crippen LogP contribution is -2.24. The number of fused-ring (bicyclic) bond motifs is 1. The lowest BCUT2D eigenvalue weighted by atomic mass is 10.1. The fourth-order valence-corrected chi connectivity index (χ4v) is 3.00. The summed E-state index contributed by atoms with van der Waals surface area (Å²) in [6.45, 7) is 5.89. The van der Waals surface area contributed by atoms with Gasteiger partial charge < -0.3 is 10.2 Å². The van der Waals surface area contributed by atoms with Crippen molar-refractivity contribution < 1.29 is 0 Å². The highest BCUT2D eigenvalue weighted by Gasteiger charge is 2.09. The van der Waals surface area contributed by atoms with Crippen LogP contribution in [0.15, 0.2) is 36.7 Å². The average Bonchev–Trinajstić information content (AvgIpc) is 3.00. The molecule has 0 atom stereocenters. The SMILES string of the molecule is c1cc(CNCCCN2CCCC2)c2ccncc2c1. The van der Waals surface area contributed by atoms with Crippen molar-refractivity contribution in [2.24, 2.45) is 0 Å². The fraction of sp³-hybridized carbons (Fsp3) is 0.471. The molecule has 0 spiro atoms. The van der Waals surface area contributed by atoms with Crippen LogP contribution in [0, 0.1) is 0 Å². The highest BCUT2D eigenvalue weighted by atomic mass is 15.1. The third-order valence-electron chi connectivity index (χ3n) is 4.11. The Hall–Kier alpha value is -1.45. The summed E-state index contributed by atoms with van der Waals surface area (Å²) in [7, 11) is 0. The van der Waals surface area contributed by atoms with Crippen LogP contribution >= 0.6 is 0 Å². The van der Waals surface area contributed by atoms with Gasteiger partial charge >= 0.3 is 0 Å². The van der Waals surface area contributed by atoms with Crippen LogP contribution < -0.4 is 5.32 Å². The van der Waals surface area contributed by atoms with Crippen molar-refractivity contribution in [3.8, 4) is 0 Å². The van der Waals surface area contributed by atoms with E-state index < -0.39 is 0 Å². The minimum atomic E-state index is 0.946. The van der Waals surface area contributed by atoms with Crippen LogP contribution in [0.3, 0.4) is 0 Å². The molecule has 2 aromatic rings. The van der Waals surface area contributed by atoms with Crippen LogP contribution in [0.4, 0.5) is 0 Å². The number of pyridine rings is 1. The van der Waals surface area contributed by atoms with Crippen LogP contribution in [0.25, 0.3) is 10.8 Å². The summed E-state index contributed by atoms with van der Waals surface area (Å²) in [4.78, 5) is 6.76. The van der Waals surface area contributed by atoms with Crippen molar-refractivity contribution in [2.75, 3.05) is 26.2 Å². The number of hydrogen-bond acceptors (Lipinski definition) is 3. The maximum absolute atomic E-state index is 4.18. The Morgan fingerprint density at radius 3 is 2.95 bits per heavy atom. The maximum Gasteiger partial charge on any atom is 0.0346 e. The minimum absolute atomic E-state index is 0.946. The first-order valence-corrected chi connectivity index (χ1v) is 7.68. The molecule has 0 radical (unpaired) electrons. The molecular weight excluding hydrogens is 246 g/mol. The van der Waals surface area contributed by atoms with Gasteiger partial charge in [0.2, 0.25) is 0 Å². The van der Waals surface area contributed by atoms with E-state index in [9.17, 15) is 0 Å². The first kappa shape index (κ1) is 13.5. The topological polar surface area (TPSA) is 28.2 Å². The van der Waals surface area contributed by atoms with E-state index in [4.69, 9.17) is 0 Å². The van der Waals surface area contributed by atoms with Gasteiger partial charge in [0.25, 0.3) is 0 Å². The number of rotatable bonds is 6. The van der Waals surface area contributed by atoms with E-state index in [2.05, 4.69) is 39.5 Å². The van der Waals surface area contributed by atoms with Crippen molar-refractivity contribution >= 4 is 10.8 Å². The number of likely N-dealkylation sites (tertiary alicyclic amines) is 1. The maximum atomic E-state index is 4.18. The van der Waals surface area contributed by atoms with Crippen molar-refractivity contribution in [1.29, 1.82) is 0 Å². The van der Waals surface area contributed by atoms with Crippen molar-refractivity contribution in [2.45, 2.75) is 25.8 Å². The van der Waals surface area contributed by atoms with Gasteiger partial charge in [-0.25, -0.2) is 0 Å². The molecule has 0 bridgehead atoms. The highest BCUT2D eigenvalue weighted by Crippen LogP contribution is 2.17. The lowest BCUT2D eigenvalue weighted by Gasteiger charge is -2.14. The summed E-state index contributed by atoms with van der Waals surface area (Å²) in [5.41, 5.74) is 1.37. The molecule has 0 saturated carbocycles. The molecule has 20 heavy (non-hydrogen) atoms. The van der Waals surface area contributed by atoms with Crippen LogP contribution in [-0.2, 0) is 6.54 Å². The lowest BCUT2D eigenvalue weighted by molar-refractivity contribution is 0.331.